The number of likely N-dealkylation sites (tertiary alicyclic amines) is 1. The fraction of sp³-hybridized carbons (Fsp3) is 0.706. The lowest BCUT2D eigenvalue weighted by Crippen LogP contribution is -3.15. The molecular weight excluding hydrogens is 394 g/mol. The molecule has 0 bridgehead atoms. The van der Waals surface area contributed by atoms with Crippen LogP contribution in [0.25, 0.3) is 0 Å². The molecule has 0 aromatic carbocycles. The van der Waals surface area contributed by atoms with Crippen molar-refractivity contribution in [3.63, 3.8) is 0 Å². The van der Waals surface area contributed by atoms with Crippen molar-refractivity contribution in [2.24, 2.45) is 0 Å². The van der Waals surface area contributed by atoms with Crippen LogP contribution in [0, 0.1) is 0 Å². The molecule has 1 amide bonds. The van der Waals surface area contributed by atoms with E-state index in [0.29, 0.717) is 49.1 Å². The first-order valence-electron chi connectivity index (χ1n) is 9.19. The molecule has 146 valence electrons. The van der Waals surface area contributed by atoms with Crippen LogP contribution in [-0.4, -0.2) is 68.3 Å². The monoisotopic (exact) mass is 420 g/mol. The van der Waals surface area contributed by atoms with Crippen LogP contribution in [0.3, 0.4) is 0 Å². The molecule has 6 nitrogen and oxygen atoms in total. The van der Waals surface area contributed by atoms with Crippen LogP contribution in [0.4, 0.5) is 0 Å². The van der Waals surface area contributed by atoms with Gasteiger partial charge >= 0.3 is 0 Å². The number of thiophene rings is 1. The van der Waals surface area contributed by atoms with Gasteiger partial charge in [0.15, 0.2) is 6.54 Å². The minimum Gasteiger partial charge on any atom is -0.332 e. The number of rotatable bonds is 4. The Kier molecular flexibility index (Phi) is 6.29. The molecule has 1 aromatic rings. The lowest BCUT2D eigenvalue weighted by atomic mass is 9.97. The number of hydrogen-bond acceptors (Lipinski definition) is 4. The maximum absolute atomic E-state index is 12.8. The smallest absolute Gasteiger partial charge is 0.278 e. The number of amides is 1. The van der Waals surface area contributed by atoms with Gasteiger partial charge in [0.05, 0.1) is 30.5 Å². The Hall–Kier alpha value is -0.670. The average Bonchev–Trinajstić information content (AvgIpc) is 3.02. The largest absolute Gasteiger partial charge is 0.332 e. The number of carbonyl (C=O) groups excluding carboxylic acids is 1. The van der Waals surface area contributed by atoms with Gasteiger partial charge in [0, 0.05) is 12.1 Å². The lowest BCUT2D eigenvalue weighted by Gasteiger charge is -2.40. The Morgan fingerprint density at radius 3 is 2.38 bits per heavy atom. The zero-order chi connectivity index (χ0) is 18.9. The van der Waals surface area contributed by atoms with Gasteiger partial charge in [-0.3, -0.25) is 4.79 Å². The molecule has 26 heavy (non-hydrogen) atoms. The second-order valence-corrected chi connectivity index (χ2v) is 11.2. The Labute approximate surface area is 164 Å². The van der Waals surface area contributed by atoms with Gasteiger partial charge < -0.3 is 9.80 Å². The molecule has 2 atom stereocenters. The van der Waals surface area contributed by atoms with Crippen molar-refractivity contribution in [3.05, 3.63) is 16.5 Å². The molecule has 2 aliphatic heterocycles. The highest BCUT2D eigenvalue weighted by Gasteiger charge is 2.35. The van der Waals surface area contributed by atoms with Crippen molar-refractivity contribution in [2.75, 3.05) is 32.7 Å². The van der Waals surface area contributed by atoms with Crippen LogP contribution < -0.4 is 4.90 Å². The summed E-state index contributed by atoms with van der Waals surface area (Å²) < 4.78 is 27.6. The third kappa shape index (κ3) is 4.25. The summed E-state index contributed by atoms with van der Waals surface area (Å²) in [5.74, 6) is 0.195. The Bertz CT molecular complexity index is 734. The molecular formula is C17H27ClN3O3S2+. The first-order valence-corrected chi connectivity index (χ1v) is 11.8. The highest BCUT2D eigenvalue weighted by molar-refractivity contribution is 7.91. The molecule has 3 rings (SSSR count). The first-order chi connectivity index (χ1) is 12.3. The molecule has 2 saturated heterocycles. The Balaban J connectivity index is 1.56. The molecule has 0 radical (unpaired) electrons. The second kappa shape index (κ2) is 8.14. The summed E-state index contributed by atoms with van der Waals surface area (Å²) in [6.07, 6.45) is 3.32. The van der Waals surface area contributed by atoms with Crippen LogP contribution in [-0.2, 0) is 14.8 Å². The average molecular weight is 421 g/mol. The minimum atomic E-state index is -3.47. The molecule has 0 aliphatic carbocycles. The summed E-state index contributed by atoms with van der Waals surface area (Å²) in [6.45, 7) is 6.88. The summed E-state index contributed by atoms with van der Waals surface area (Å²) in [5.41, 5.74) is 0. The number of nitrogens with one attached hydrogen (secondary N) is 1. The number of nitrogens with zero attached hydrogens (tertiary/aromatic N) is 2. The van der Waals surface area contributed by atoms with Crippen molar-refractivity contribution in [1.82, 2.24) is 9.21 Å². The maximum Gasteiger partial charge on any atom is 0.278 e. The first kappa shape index (κ1) is 20.1. The van der Waals surface area contributed by atoms with E-state index in [2.05, 4.69) is 13.8 Å². The molecule has 0 unspecified atom stereocenters. The molecule has 1 N–H and O–H groups in total. The van der Waals surface area contributed by atoms with Crippen molar-refractivity contribution in [1.29, 1.82) is 0 Å². The highest BCUT2D eigenvalue weighted by atomic mass is 35.5. The lowest BCUT2D eigenvalue weighted by molar-refractivity contribution is -0.896. The molecule has 1 aromatic heterocycles. The van der Waals surface area contributed by atoms with E-state index in [1.807, 2.05) is 4.90 Å². The summed E-state index contributed by atoms with van der Waals surface area (Å²) in [5, 5.41) is 0. The van der Waals surface area contributed by atoms with Gasteiger partial charge in [0.25, 0.3) is 15.9 Å². The van der Waals surface area contributed by atoms with Crippen molar-refractivity contribution < 1.29 is 18.1 Å². The highest BCUT2D eigenvalue weighted by Crippen LogP contribution is 2.28. The minimum absolute atomic E-state index is 0.195. The standard InChI is InChI=1S/C17H26ClN3O3S2/c1-13-4-3-5-14(2)21(13)16(22)12-19-8-10-20(11-9-19)26(23,24)17-7-6-15(18)25-17/h6-7,13-14H,3-5,8-12H2,1-2H3/p+1/t13-,14-/m0/s1. The van der Waals surface area contributed by atoms with Gasteiger partial charge in [-0.2, -0.15) is 4.31 Å². The van der Waals surface area contributed by atoms with E-state index in [1.54, 1.807) is 12.1 Å². The Morgan fingerprint density at radius 1 is 1.23 bits per heavy atom. The van der Waals surface area contributed by atoms with E-state index in [1.165, 1.54) is 10.7 Å². The number of quaternary nitrogens is 1. The van der Waals surface area contributed by atoms with E-state index < -0.39 is 10.0 Å². The van der Waals surface area contributed by atoms with Gasteiger partial charge in [0.1, 0.15) is 4.21 Å². The fourth-order valence-electron chi connectivity index (χ4n) is 4.00. The van der Waals surface area contributed by atoms with Crippen LogP contribution >= 0.6 is 22.9 Å². The van der Waals surface area contributed by atoms with E-state index in [-0.39, 0.29) is 10.1 Å². The van der Waals surface area contributed by atoms with Crippen LogP contribution in [0.1, 0.15) is 33.1 Å². The SMILES string of the molecule is C[C@H]1CCC[C@H](C)N1C(=O)C[NH+]1CCN(S(=O)(=O)c2ccc(Cl)s2)CC1. The number of piperazine rings is 1. The zero-order valence-corrected chi connectivity index (χ0v) is 17.7. The Morgan fingerprint density at radius 2 is 1.85 bits per heavy atom. The summed E-state index contributed by atoms with van der Waals surface area (Å²) in [4.78, 5) is 15.9. The number of halogens is 1. The quantitative estimate of drug-likeness (QED) is 0.792. The van der Waals surface area contributed by atoms with Crippen LogP contribution in [0.2, 0.25) is 4.34 Å². The van der Waals surface area contributed by atoms with E-state index in [0.717, 1.165) is 29.1 Å². The van der Waals surface area contributed by atoms with Crippen molar-refractivity contribution >= 4 is 38.9 Å². The van der Waals surface area contributed by atoms with E-state index >= 15 is 0 Å². The fourth-order valence-corrected chi connectivity index (χ4v) is 7.08. The third-order valence-corrected chi connectivity index (χ3v) is 9.05. The summed E-state index contributed by atoms with van der Waals surface area (Å²) >= 11 is 6.96. The van der Waals surface area contributed by atoms with Crippen LogP contribution in [0.5, 0.6) is 0 Å². The number of carbonyl (C=O) groups is 1. The van der Waals surface area contributed by atoms with Gasteiger partial charge in [-0.25, -0.2) is 8.42 Å². The van der Waals surface area contributed by atoms with E-state index in [4.69, 9.17) is 11.6 Å². The van der Waals surface area contributed by atoms with E-state index in [9.17, 15) is 13.2 Å². The molecule has 2 aliphatic rings. The van der Waals surface area contributed by atoms with Gasteiger partial charge in [-0.05, 0) is 45.2 Å². The van der Waals surface area contributed by atoms with Crippen molar-refractivity contribution in [3.8, 4) is 0 Å². The molecule has 3 heterocycles. The van der Waals surface area contributed by atoms with Crippen LogP contribution in [0.15, 0.2) is 16.3 Å². The predicted molar refractivity (Wildman–Crippen MR) is 103 cm³/mol. The molecule has 0 saturated carbocycles. The molecule has 9 heteroatoms. The number of piperidine rings is 1. The second-order valence-electron chi connectivity index (χ2n) is 7.32. The molecule has 0 spiro atoms. The summed E-state index contributed by atoms with van der Waals surface area (Å²) in [7, 11) is -3.47. The topological polar surface area (TPSA) is 62.1 Å². The van der Waals surface area contributed by atoms with Gasteiger partial charge in [-0.15, -0.1) is 11.3 Å². The third-order valence-electron chi connectivity index (χ3n) is 5.45. The molecule has 2 fully saturated rings. The normalized spacial score (nSPS) is 26.2. The summed E-state index contributed by atoms with van der Waals surface area (Å²) in [6, 6.07) is 3.77. The van der Waals surface area contributed by atoms with Gasteiger partial charge in [0.2, 0.25) is 0 Å². The maximum atomic E-state index is 12.8. The van der Waals surface area contributed by atoms with Crippen molar-refractivity contribution in [2.45, 2.75) is 49.4 Å². The van der Waals surface area contributed by atoms with Gasteiger partial charge in [-0.1, -0.05) is 11.6 Å². The zero-order valence-electron chi connectivity index (χ0n) is 15.3. The number of hydrogen-bond donors (Lipinski definition) is 1. The number of sulfonamides is 1. The predicted octanol–water partition coefficient (Wildman–Crippen LogP) is 1.08.